The fourth-order valence-electron chi connectivity index (χ4n) is 1.32. The van der Waals surface area contributed by atoms with Crippen molar-refractivity contribution in [2.24, 2.45) is 0 Å². The molecule has 1 fully saturated rings. The van der Waals surface area contributed by atoms with Gasteiger partial charge in [0.05, 0.1) is 0 Å². The van der Waals surface area contributed by atoms with E-state index in [0.29, 0.717) is 10.1 Å². The predicted octanol–water partition coefficient (Wildman–Crippen LogP) is 1.55. The molecule has 1 aromatic rings. The van der Waals surface area contributed by atoms with Crippen LogP contribution in [0, 0.1) is 6.92 Å². The van der Waals surface area contributed by atoms with Crippen LogP contribution >= 0.6 is 24.0 Å². The van der Waals surface area contributed by atoms with Crippen LogP contribution in [0.15, 0.2) is 18.2 Å². The maximum absolute atomic E-state index is 9.68. The molecule has 3 nitrogen and oxygen atoms in total. The smallest absolute Gasteiger partial charge is 0.144 e. The number of aromatic nitrogens is 1. The van der Waals surface area contributed by atoms with Crippen LogP contribution in [0.5, 0.6) is 0 Å². The van der Waals surface area contributed by atoms with Crippen molar-refractivity contribution in [1.82, 2.24) is 4.98 Å². The molecule has 1 aliphatic heterocycles. The number of thioether (sulfide) groups is 1. The molecule has 0 radical (unpaired) electrons. The summed E-state index contributed by atoms with van der Waals surface area (Å²) in [6, 6.07) is 5.69. The fraction of sp³-hybridized carbons (Fsp3) is 0.333. The first-order valence-corrected chi connectivity index (χ1v) is 5.65. The van der Waals surface area contributed by atoms with Crippen LogP contribution in [0.1, 0.15) is 5.69 Å². The third-order valence-electron chi connectivity index (χ3n) is 1.97. The molecule has 0 saturated carbocycles. The lowest BCUT2D eigenvalue weighted by atomic mass is 10.3. The molecule has 1 saturated heterocycles. The Labute approximate surface area is 92.1 Å². The third-order valence-corrected chi connectivity index (χ3v) is 3.43. The number of rotatable bonds is 1. The van der Waals surface area contributed by atoms with Crippen LogP contribution in [-0.4, -0.2) is 26.4 Å². The van der Waals surface area contributed by atoms with Gasteiger partial charge in [-0.3, -0.25) is 4.90 Å². The summed E-state index contributed by atoms with van der Waals surface area (Å²) in [4.78, 5) is 6.01. The van der Waals surface area contributed by atoms with Crippen molar-refractivity contribution in [1.29, 1.82) is 0 Å². The van der Waals surface area contributed by atoms with E-state index in [1.807, 2.05) is 25.1 Å². The molecular formula is C9H10N2OS2. The molecular weight excluding hydrogens is 216 g/mol. The van der Waals surface area contributed by atoms with Crippen LogP contribution in [0.2, 0.25) is 0 Å². The zero-order valence-electron chi connectivity index (χ0n) is 7.67. The Hall–Kier alpha value is -0.650. The van der Waals surface area contributed by atoms with Gasteiger partial charge in [-0.05, 0) is 19.1 Å². The molecule has 1 aliphatic rings. The van der Waals surface area contributed by atoms with E-state index >= 15 is 0 Å². The molecule has 74 valence electrons. The number of aliphatic hydroxyl groups is 1. The van der Waals surface area contributed by atoms with Gasteiger partial charge in [0, 0.05) is 11.4 Å². The van der Waals surface area contributed by atoms with Gasteiger partial charge < -0.3 is 5.11 Å². The minimum Gasteiger partial charge on any atom is -0.372 e. The number of aliphatic hydroxyl groups excluding tert-OH is 1. The summed E-state index contributed by atoms with van der Waals surface area (Å²) in [6.07, 6.45) is -0.540. The molecule has 1 aromatic heterocycles. The standard InChI is InChI=1S/C9H10N2OS2/c1-6-3-2-4-7(10-6)11-8(12)5-14-9(11)13/h2-4,8,12H,5H2,1H3. The summed E-state index contributed by atoms with van der Waals surface area (Å²) in [7, 11) is 0. The monoisotopic (exact) mass is 226 g/mol. The van der Waals surface area contributed by atoms with Crippen molar-refractivity contribution in [2.75, 3.05) is 10.7 Å². The molecule has 2 heterocycles. The van der Waals surface area contributed by atoms with E-state index in [0.717, 1.165) is 11.5 Å². The Balaban J connectivity index is 2.34. The molecule has 0 amide bonds. The Bertz CT molecular complexity index is 370. The molecule has 1 N–H and O–H groups in total. The minimum absolute atomic E-state index is 0.540. The summed E-state index contributed by atoms with van der Waals surface area (Å²) in [6.45, 7) is 1.92. The number of aryl methyl sites for hydroxylation is 1. The van der Waals surface area contributed by atoms with Crippen molar-refractivity contribution in [3.05, 3.63) is 23.9 Å². The van der Waals surface area contributed by atoms with E-state index in [2.05, 4.69) is 4.98 Å². The van der Waals surface area contributed by atoms with Crippen molar-refractivity contribution in [2.45, 2.75) is 13.2 Å². The average molecular weight is 226 g/mol. The first-order valence-electron chi connectivity index (χ1n) is 4.26. The van der Waals surface area contributed by atoms with Gasteiger partial charge in [-0.15, -0.1) is 0 Å². The lowest BCUT2D eigenvalue weighted by molar-refractivity contribution is 0.212. The number of hydrogen-bond donors (Lipinski definition) is 1. The zero-order chi connectivity index (χ0) is 10.1. The second-order valence-electron chi connectivity index (χ2n) is 3.06. The molecule has 0 aromatic carbocycles. The van der Waals surface area contributed by atoms with E-state index in [-0.39, 0.29) is 0 Å². The summed E-state index contributed by atoms with van der Waals surface area (Å²) < 4.78 is 0.690. The normalized spacial score (nSPS) is 21.7. The maximum Gasteiger partial charge on any atom is 0.144 e. The average Bonchev–Trinajstić information content (AvgIpc) is 2.46. The number of hydrogen-bond acceptors (Lipinski definition) is 4. The highest BCUT2D eigenvalue weighted by atomic mass is 32.2. The minimum atomic E-state index is -0.540. The van der Waals surface area contributed by atoms with Crippen molar-refractivity contribution < 1.29 is 5.11 Å². The van der Waals surface area contributed by atoms with Gasteiger partial charge >= 0.3 is 0 Å². The Morgan fingerprint density at radius 1 is 1.64 bits per heavy atom. The van der Waals surface area contributed by atoms with E-state index < -0.39 is 6.23 Å². The number of thiocarbonyl (C=S) groups is 1. The van der Waals surface area contributed by atoms with Gasteiger partial charge in [0.25, 0.3) is 0 Å². The highest BCUT2D eigenvalue weighted by Crippen LogP contribution is 2.27. The number of nitrogens with zero attached hydrogens (tertiary/aromatic N) is 2. The van der Waals surface area contributed by atoms with E-state index in [9.17, 15) is 5.11 Å². The Morgan fingerprint density at radius 3 is 3.00 bits per heavy atom. The molecule has 0 aliphatic carbocycles. The van der Waals surface area contributed by atoms with Crippen LogP contribution in [0.25, 0.3) is 0 Å². The van der Waals surface area contributed by atoms with Crippen LogP contribution < -0.4 is 4.90 Å². The quantitative estimate of drug-likeness (QED) is 0.735. The third kappa shape index (κ3) is 1.75. The van der Waals surface area contributed by atoms with Gasteiger partial charge in [-0.25, -0.2) is 4.98 Å². The highest BCUT2D eigenvalue weighted by Gasteiger charge is 2.29. The van der Waals surface area contributed by atoms with Crippen molar-refractivity contribution in [3.8, 4) is 0 Å². The Morgan fingerprint density at radius 2 is 2.43 bits per heavy atom. The molecule has 2 rings (SSSR count). The van der Waals surface area contributed by atoms with E-state index in [1.54, 1.807) is 4.90 Å². The molecule has 14 heavy (non-hydrogen) atoms. The van der Waals surface area contributed by atoms with Gasteiger partial charge in [-0.2, -0.15) is 0 Å². The van der Waals surface area contributed by atoms with Crippen molar-refractivity contribution >= 4 is 34.1 Å². The van der Waals surface area contributed by atoms with Crippen LogP contribution in [-0.2, 0) is 0 Å². The highest BCUT2D eigenvalue weighted by molar-refractivity contribution is 8.23. The molecule has 0 spiro atoms. The summed E-state index contributed by atoms with van der Waals surface area (Å²) in [5.41, 5.74) is 0.925. The second-order valence-corrected chi connectivity index (χ2v) is 4.72. The molecule has 5 heteroatoms. The van der Waals surface area contributed by atoms with E-state index in [1.165, 1.54) is 11.8 Å². The molecule has 1 unspecified atom stereocenters. The summed E-state index contributed by atoms with van der Waals surface area (Å²) >= 11 is 6.61. The van der Waals surface area contributed by atoms with Crippen LogP contribution in [0.4, 0.5) is 5.82 Å². The van der Waals surface area contributed by atoms with Gasteiger partial charge in [-0.1, -0.05) is 30.0 Å². The van der Waals surface area contributed by atoms with E-state index in [4.69, 9.17) is 12.2 Å². The molecule has 0 bridgehead atoms. The fourth-order valence-corrected chi connectivity index (χ4v) is 2.53. The topological polar surface area (TPSA) is 36.4 Å². The van der Waals surface area contributed by atoms with Gasteiger partial charge in [0.15, 0.2) is 0 Å². The zero-order valence-corrected chi connectivity index (χ0v) is 9.31. The lowest BCUT2D eigenvalue weighted by Gasteiger charge is -2.20. The summed E-state index contributed by atoms with van der Waals surface area (Å²) in [5, 5.41) is 9.68. The first-order chi connectivity index (χ1) is 6.68. The van der Waals surface area contributed by atoms with Gasteiger partial charge in [0.2, 0.25) is 0 Å². The SMILES string of the molecule is Cc1cccc(N2C(=S)SCC2O)n1. The Kier molecular flexibility index (Phi) is 2.71. The first kappa shape index (κ1) is 9.89. The van der Waals surface area contributed by atoms with Gasteiger partial charge in [0.1, 0.15) is 16.4 Å². The summed E-state index contributed by atoms with van der Waals surface area (Å²) in [5.74, 6) is 1.35. The van der Waals surface area contributed by atoms with Crippen LogP contribution in [0.3, 0.4) is 0 Å². The lowest BCUT2D eigenvalue weighted by Crippen LogP contribution is -2.33. The largest absolute Gasteiger partial charge is 0.372 e. The number of pyridine rings is 1. The molecule has 1 atom stereocenters. The second kappa shape index (κ2) is 3.84. The number of anilines is 1. The van der Waals surface area contributed by atoms with Crippen molar-refractivity contribution in [3.63, 3.8) is 0 Å². The predicted molar refractivity (Wildman–Crippen MR) is 62.5 cm³/mol. The maximum atomic E-state index is 9.68.